The van der Waals surface area contributed by atoms with Gasteiger partial charge in [-0.3, -0.25) is 0 Å². The first-order valence-electron chi connectivity index (χ1n) is 10.9. The van der Waals surface area contributed by atoms with Crippen molar-refractivity contribution in [1.29, 1.82) is 0 Å². The van der Waals surface area contributed by atoms with Gasteiger partial charge in [-0.1, -0.05) is 48.5 Å². The van der Waals surface area contributed by atoms with Crippen molar-refractivity contribution in [2.24, 2.45) is 5.73 Å². The Morgan fingerprint density at radius 2 is 1.29 bits per heavy atom. The van der Waals surface area contributed by atoms with Gasteiger partial charge in [0.05, 0.1) is 0 Å². The zero-order chi connectivity index (χ0) is 19.2. The predicted octanol–water partition coefficient (Wildman–Crippen LogP) is 5.99. The van der Waals surface area contributed by atoms with E-state index in [1.807, 2.05) is 0 Å². The summed E-state index contributed by atoms with van der Waals surface area (Å²) in [7, 11) is 0. The highest BCUT2D eigenvalue weighted by Gasteiger charge is 2.17. The molecule has 0 atom stereocenters. The predicted molar refractivity (Wildman–Crippen MR) is 142 cm³/mol. The molecule has 0 spiro atoms. The molecule has 0 amide bonds. The maximum Gasteiger partial charge on any atom is 0.0217 e. The number of fused-ring (bicyclic) bond motifs is 2. The van der Waals surface area contributed by atoms with Crippen LogP contribution in [0.25, 0.3) is 21.5 Å². The van der Waals surface area contributed by atoms with Crippen LogP contribution in [0.1, 0.15) is 44.1 Å². The second-order valence-corrected chi connectivity index (χ2v) is 8.25. The first-order chi connectivity index (χ1) is 13.8. The number of halogens is 3. The smallest absolute Gasteiger partial charge is 0.0217 e. The van der Waals surface area contributed by atoms with E-state index in [-0.39, 0.29) is 37.2 Å². The average molecular weight is 485 g/mol. The Morgan fingerprint density at radius 1 is 0.742 bits per heavy atom. The van der Waals surface area contributed by atoms with E-state index in [0.717, 1.165) is 19.6 Å². The second kappa shape index (κ2) is 14.2. The summed E-state index contributed by atoms with van der Waals surface area (Å²) in [4.78, 5) is 0. The normalized spacial score (nSPS) is 18.1. The van der Waals surface area contributed by atoms with Crippen LogP contribution in [-0.4, -0.2) is 25.2 Å². The Kier molecular flexibility index (Phi) is 12.8. The number of hydrogen-bond donors (Lipinski definition) is 3. The van der Waals surface area contributed by atoms with Gasteiger partial charge < -0.3 is 16.4 Å². The number of nitrogens with two attached hydrogens (primary N) is 1. The third kappa shape index (κ3) is 7.49. The molecule has 3 aromatic carbocycles. The van der Waals surface area contributed by atoms with E-state index in [4.69, 9.17) is 5.73 Å². The van der Waals surface area contributed by atoms with Crippen molar-refractivity contribution in [2.45, 2.75) is 57.2 Å². The largest absolute Gasteiger partial charge is 0.328 e. The molecule has 1 fully saturated rings. The van der Waals surface area contributed by atoms with Crippen molar-refractivity contribution in [3.05, 3.63) is 60.2 Å². The molecule has 1 aliphatic rings. The van der Waals surface area contributed by atoms with E-state index < -0.39 is 0 Å². The number of benzene rings is 3. The van der Waals surface area contributed by atoms with Crippen LogP contribution in [0.5, 0.6) is 0 Å². The van der Waals surface area contributed by atoms with Crippen molar-refractivity contribution in [2.75, 3.05) is 13.1 Å². The molecule has 0 aliphatic heterocycles. The summed E-state index contributed by atoms with van der Waals surface area (Å²) in [6.07, 6.45) is 7.28. The average Bonchev–Trinajstić information content (AvgIpc) is 2.73. The molecule has 0 saturated heterocycles. The van der Waals surface area contributed by atoms with Gasteiger partial charge in [-0.15, -0.1) is 37.2 Å². The number of nitrogens with one attached hydrogen (secondary N) is 2. The van der Waals surface area contributed by atoms with E-state index in [9.17, 15) is 0 Å². The maximum absolute atomic E-state index is 5.99. The van der Waals surface area contributed by atoms with Gasteiger partial charge in [0.25, 0.3) is 0 Å². The van der Waals surface area contributed by atoms with Crippen LogP contribution in [0.15, 0.2) is 54.6 Å². The number of hydrogen-bond acceptors (Lipinski definition) is 3. The van der Waals surface area contributed by atoms with Gasteiger partial charge in [0.2, 0.25) is 0 Å². The Morgan fingerprint density at radius 3 is 1.90 bits per heavy atom. The lowest BCUT2D eigenvalue weighted by Gasteiger charge is -2.26. The molecule has 3 nitrogen and oxygen atoms in total. The molecule has 3 aromatic rings. The van der Waals surface area contributed by atoms with Crippen LogP contribution in [0.4, 0.5) is 0 Å². The monoisotopic (exact) mass is 483 g/mol. The van der Waals surface area contributed by atoms with Gasteiger partial charge in [0, 0.05) is 18.6 Å². The zero-order valence-electron chi connectivity index (χ0n) is 18.0. The van der Waals surface area contributed by atoms with Gasteiger partial charge in [0.15, 0.2) is 0 Å². The van der Waals surface area contributed by atoms with Crippen LogP contribution in [-0.2, 0) is 6.54 Å². The van der Waals surface area contributed by atoms with Gasteiger partial charge in [-0.25, -0.2) is 0 Å². The van der Waals surface area contributed by atoms with Crippen molar-refractivity contribution in [3.8, 4) is 0 Å². The van der Waals surface area contributed by atoms with Gasteiger partial charge in [0.1, 0.15) is 0 Å². The molecule has 172 valence electrons. The SMILES string of the molecule is Cl.Cl.Cl.NC1CCC(NCCCCNCc2c3ccccc3cc3ccccc23)CC1. The first-order valence-corrected chi connectivity index (χ1v) is 10.9. The molecule has 0 heterocycles. The van der Waals surface area contributed by atoms with Gasteiger partial charge in [-0.05, 0) is 84.8 Å². The summed E-state index contributed by atoms with van der Waals surface area (Å²) in [5.74, 6) is 0. The minimum absolute atomic E-state index is 0. The molecular formula is C25H36Cl3N3. The molecule has 31 heavy (non-hydrogen) atoms. The topological polar surface area (TPSA) is 50.1 Å². The van der Waals surface area contributed by atoms with Gasteiger partial charge in [-0.2, -0.15) is 0 Å². The number of unbranched alkanes of at least 4 members (excludes halogenated alkanes) is 1. The van der Waals surface area contributed by atoms with E-state index in [0.29, 0.717) is 12.1 Å². The van der Waals surface area contributed by atoms with Crippen molar-refractivity contribution in [1.82, 2.24) is 10.6 Å². The molecule has 1 saturated carbocycles. The highest BCUT2D eigenvalue weighted by Crippen LogP contribution is 2.28. The molecule has 6 heteroatoms. The zero-order valence-corrected chi connectivity index (χ0v) is 20.5. The van der Waals surface area contributed by atoms with Crippen LogP contribution < -0.4 is 16.4 Å². The molecule has 0 unspecified atom stereocenters. The molecule has 4 N–H and O–H groups in total. The molecule has 1 aliphatic carbocycles. The van der Waals surface area contributed by atoms with E-state index in [1.165, 1.54) is 65.6 Å². The minimum atomic E-state index is 0. The fourth-order valence-electron chi connectivity index (χ4n) is 4.52. The third-order valence-electron chi connectivity index (χ3n) is 6.17. The highest BCUT2D eigenvalue weighted by atomic mass is 35.5. The standard InChI is InChI=1S/C25H33N3.3ClH/c26-21-11-13-22(14-12-21)28-16-6-5-15-27-18-25-23-9-3-1-7-19(23)17-20-8-2-4-10-24(20)25;;;/h1-4,7-10,17,21-22,27-28H,5-6,11-16,18,26H2;3*1H. The van der Waals surface area contributed by atoms with Gasteiger partial charge >= 0.3 is 0 Å². The highest BCUT2D eigenvalue weighted by molar-refractivity contribution is 6.02. The molecule has 4 rings (SSSR count). The third-order valence-corrected chi connectivity index (χ3v) is 6.17. The summed E-state index contributed by atoms with van der Waals surface area (Å²) in [6.45, 7) is 3.11. The summed E-state index contributed by atoms with van der Waals surface area (Å²) in [6, 6.07) is 20.9. The fraction of sp³-hybridized carbons (Fsp3) is 0.440. The first kappa shape index (κ1) is 28.0. The van der Waals surface area contributed by atoms with E-state index >= 15 is 0 Å². The van der Waals surface area contributed by atoms with Crippen molar-refractivity contribution in [3.63, 3.8) is 0 Å². The summed E-state index contributed by atoms with van der Waals surface area (Å²) < 4.78 is 0. The Hall–Kier alpha value is -1.07. The van der Waals surface area contributed by atoms with Crippen LogP contribution in [0, 0.1) is 0 Å². The number of rotatable bonds is 8. The maximum atomic E-state index is 5.99. The van der Waals surface area contributed by atoms with Crippen molar-refractivity contribution < 1.29 is 0 Å². The van der Waals surface area contributed by atoms with Crippen LogP contribution >= 0.6 is 37.2 Å². The Bertz CT molecular complexity index is 857. The lowest BCUT2D eigenvalue weighted by atomic mass is 9.92. The summed E-state index contributed by atoms with van der Waals surface area (Å²) in [5, 5.41) is 12.8. The minimum Gasteiger partial charge on any atom is -0.328 e. The van der Waals surface area contributed by atoms with Crippen LogP contribution in [0.2, 0.25) is 0 Å². The van der Waals surface area contributed by atoms with Crippen molar-refractivity contribution >= 4 is 58.8 Å². The quantitative estimate of drug-likeness (QED) is 0.272. The lowest BCUT2D eigenvalue weighted by molar-refractivity contribution is 0.341. The molecule has 0 bridgehead atoms. The van der Waals surface area contributed by atoms with E-state index in [1.54, 1.807) is 0 Å². The lowest BCUT2D eigenvalue weighted by Crippen LogP contribution is -2.37. The second-order valence-electron chi connectivity index (χ2n) is 8.25. The molecule has 0 radical (unpaired) electrons. The summed E-state index contributed by atoms with van der Waals surface area (Å²) >= 11 is 0. The molecular weight excluding hydrogens is 449 g/mol. The van der Waals surface area contributed by atoms with E-state index in [2.05, 4.69) is 65.2 Å². The summed E-state index contributed by atoms with van der Waals surface area (Å²) in [5.41, 5.74) is 7.41. The van der Waals surface area contributed by atoms with Crippen LogP contribution in [0.3, 0.4) is 0 Å². The molecule has 0 aromatic heterocycles. The Balaban J connectivity index is 0.00000160. The Labute approximate surface area is 205 Å². The fourth-order valence-corrected chi connectivity index (χ4v) is 4.52.